The van der Waals surface area contributed by atoms with E-state index in [1.807, 2.05) is 13.0 Å². The van der Waals surface area contributed by atoms with E-state index in [0.29, 0.717) is 5.30 Å². The first-order valence-corrected chi connectivity index (χ1v) is 8.00. The maximum absolute atomic E-state index is 12.8. The number of hydrogen-bond donors (Lipinski definition) is 2. The van der Waals surface area contributed by atoms with Crippen molar-refractivity contribution in [2.45, 2.75) is 19.8 Å². The molecule has 1 aromatic rings. The Bertz CT molecular complexity index is 502. The smallest absolute Gasteiger partial charge is 0.303 e. The third-order valence-corrected chi connectivity index (χ3v) is 5.96. The molecule has 0 aliphatic heterocycles. The molecule has 0 fully saturated rings. The minimum Gasteiger partial charge on any atom is -0.481 e. The zero-order valence-corrected chi connectivity index (χ0v) is 11.6. The lowest BCUT2D eigenvalue weighted by molar-refractivity contribution is -0.137. The summed E-state index contributed by atoms with van der Waals surface area (Å²) in [4.78, 5) is 21.3. The van der Waals surface area contributed by atoms with E-state index in [-0.39, 0.29) is 25.2 Å². The predicted molar refractivity (Wildman–Crippen MR) is 72.7 cm³/mol. The van der Waals surface area contributed by atoms with Gasteiger partial charge in [0.2, 0.25) is 0 Å². The monoisotopic (exact) mass is 284 g/mol. The first kappa shape index (κ1) is 15.4. The van der Waals surface area contributed by atoms with Crippen LogP contribution in [0.1, 0.15) is 18.4 Å². The summed E-state index contributed by atoms with van der Waals surface area (Å²) < 4.78 is 12.8. The van der Waals surface area contributed by atoms with Crippen molar-refractivity contribution in [1.29, 1.82) is 0 Å². The van der Waals surface area contributed by atoms with E-state index >= 15 is 0 Å². The van der Waals surface area contributed by atoms with Crippen molar-refractivity contribution in [2.24, 2.45) is 0 Å². The van der Waals surface area contributed by atoms with Gasteiger partial charge in [0.15, 0.2) is 0 Å². The molecule has 19 heavy (non-hydrogen) atoms. The number of aryl methyl sites for hydroxylation is 1. The van der Waals surface area contributed by atoms with Crippen LogP contribution in [0.15, 0.2) is 24.3 Å². The highest BCUT2D eigenvalue weighted by atomic mass is 31.2. The predicted octanol–water partition coefficient (Wildman–Crippen LogP) is 1.93. The molecular formula is C13H17O5P. The van der Waals surface area contributed by atoms with Gasteiger partial charge in [0.1, 0.15) is 7.14 Å². The molecule has 0 atom stereocenters. The second-order valence-corrected chi connectivity index (χ2v) is 7.65. The average molecular weight is 284 g/mol. The molecule has 0 amide bonds. The number of rotatable bonds is 7. The van der Waals surface area contributed by atoms with Gasteiger partial charge in [0, 0.05) is 17.6 Å². The van der Waals surface area contributed by atoms with E-state index in [1.165, 1.54) is 0 Å². The zero-order chi connectivity index (χ0) is 14.5. The van der Waals surface area contributed by atoms with Gasteiger partial charge in [0.25, 0.3) is 0 Å². The molecule has 0 aliphatic rings. The van der Waals surface area contributed by atoms with Crippen LogP contribution >= 0.6 is 7.14 Å². The van der Waals surface area contributed by atoms with Gasteiger partial charge in [-0.2, -0.15) is 0 Å². The van der Waals surface area contributed by atoms with Crippen LogP contribution in [0.25, 0.3) is 0 Å². The maximum atomic E-state index is 12.8. The lowest BCUT2D eigenvalue weighted by Crippen LogP contribution is -2.15. The van der Waals surface area contributed by atoms with Crippen LogP contribution in [0.4, 0.5) is 0 Å². The van der Waals surface area contributed by atoms with Crippen LogP contribution in [0.5, 0.6) is 0 Å². The molecule has 1 aromatic carbocycles. The summed E-state index contributed by atoms with van der Waals surface area (Å²) in [6.07, 6.45) is -0.437. The van der Waals surface area contributed by atoms with Crippen molar-refractivity contribution in [3.05, 3.63) is 29.8 Å². The van der Waals surface area contributed by atoms with Crippen molar-refractivity contribution in [3.63, 3.8) is 0 Å². The molecule has 0 saturated carbocycles. The molecule has 0 spiro atoms. The molecule has 0 heterocycles. The van der Waals surface area contributed by atoms with Crippen LogP contribution in [0.3, 0.4) is 0 Å². The standard InChI is InChI=1S/C13H17O5P/c1-10-3-2-4-11(9-10)19(18,7-5-12(14)15)8-6-13(16)17/h2-4,9H,5-8H2,1H3,(H,14,15)(H,16,17). The molecule has 0 saturated heterocycles. The number of carbonyl (C=O) groups is 2. The fraction of sp³-hybridized carbons (Fsp3) is 0.385. The van der Waals surface area contributed by atoms with Crippen molar-refractivity contribution in [1.82, 2.24) is 0 Å². The quantitative estimate of drug-likeness (QED) is 0.746. The van der Waals surface area contributed by atoms with E-state index in [2.05, 4.69) is 0 Å². The highest BCUT2D eigenvalue weighted by Gasteiger charge is 2.26. The van der Waals surface area contributed by atoms with Gasteiger partial charge >= 0.3 is 11.9 Å². The Morgan fingerprint density at radius 2 is 1.63 bits per heavy atom. The first-order chi connectivity index (χ1) is 8.83. The van der Waals surface area contributed by atoms with E-state index in [0.717, 1.165) is 5.56 Å². The third-order valence-electron chi connectivity index (χ3n) is 2.85. The van der Waals surface area contributed by atoms with Gasteiger partial charge in [-0.15, -0.1) is 0 Å². The highest BCUT2D eigenvalue weighted by Crippen LogP contribution is 2.45. The normalized spacial score (nSPS) is 11.2. The van der Waals surface area contributed by atoms with Gasteiger partial charge in [-0.3, -0.25) is 9.59 Å². The molecule has 104 valence electrons. The average Bonchev–Trinajstić information content (AvgIpc) is 2.34. The van der Waals surface area contributed by atoms with Crippen molar-refractivity contribution in [2.75, 3.05) is 12.3 Å². The summed E-state index contributed by atoms with van der Waals surface area (Å²) in [6.45, 7) is 1.85. The van der Waals surface area contributed by atoms with E-state index in [1.54, 1.807) is 18.2 Å². The summed E-state index contributed by atoms with van der Waals surface area (Å²) in [5.41, 5.74) is 0.920. The minimum atomic E-state index is -2.97. The van der Waals surface area contributed by atoms with Crippen LogP contribution in [0.2, 0.25) is 0 Å². The fourth-order valence-electron chi connectivity index (χ4n) is 1.80. The van der Waals surface area contributed by atoms with Gasteiger partial charge in [-0.25, -0.2) is 0 Å². The summed E-state index contributed by atoms with van der Waals surface area (Å²) in [5.74, 6) is -2.05. The molecular weight excluding hydrogens is 267 g/mol. The number of hydrogen-bond acceptors (Lipinski definition) is 3. The fourth-order valence-corrected chi connectivity index (χ4v) is 4.45. The van der Waals surface area contributed by atoms with Crippen LogP contribution < -0.4 is 5.30 Å². The molecule has 0 aliphatic carbocycles. The number of carboxylic acids is 2. The molecule has 6 heteroatoms. The van der Waals surface area contributed by atoms with E-state index in [4.69, 9.17) is 10.2 Å². The Morgan fingerprint density at radius 1 is 1.11 bits per heavy atom. The van der Waals surface area contributed by atoms with Gasteiger partial charge in [-0.1, -0.05) is 23.8 Å². The molecule has 1 rings (SSSR count). The molecule has 5 nitrogen and oxygen atoms in total. The summed E-state index contributed by atoms with van der Waals surface area (Å²) in [5, 5.41) is 18.0. The van der Waals surface area contributed by atoms with Gasteiger partial charge in [-0.05, 0) is 13.0 Å². The summed E-state index contributed by atoms with van der Waals surface area (Å²) >= 11 is 0. The zero-order valence-electron chi connectivity index (χ0n) is 10.7. The lowest BCUT2D eigenvalue weighted by Gasteiger charge is -2.17. The minimum absolute atomic E-state index is 0.000926. The van der Waals surface area contributed by atoms with Crippen molar-refractivity contribution in [3.8, 4) is 0 Å². The molecule has 0 bridgehead atoms. The molecule has 0 unspecified atom stereocenters. The Balaban J connectivity index is 2.99. The summed E-state index contributed by atoms with van der Waals surface area (Å²) in [7, 11) is -2.97. The Labute approximate surface area is 111 Å². The largest absolute Gasteiger partial charge is 0.481 e. The SMILES string of the molecule is Cc1cccc(P(=O)(CCC(=O)O)CCC(=O)O)c1. The second kappa shape index (κ2) is 6.53. The first-order valence-electron chi connectivity index (χ1n) is 5.92. The highest BCUT2D eigenvalue weighted by molar-refractivity contribution is 7.71. The van der Waals surface area contributed by atoms with Crippen LogP contribution in [0, 0.1) is 6.92 Å². The van der Waals surface area contributed by atoms with Crippen molar-refractivity contribution >= 4 is 24.4 Å². The number of carboxylic acid groups (broad SMARTS) is 2. The second-order valence-electron chi connectivity index (χ2n) is 4.46. The summed E-state index contributed by atoms with van der Waals surface area (Å²) in [6, 6.07) is 7.02. The van der Waals surface area contributed by atoms with E-state index in [9.17, 15) is 14.2 Å². The molecule has 0 radical (unpaired) electrons. The third kappa shape index (κ3) is 4.87. The Hall–Kier alpha value is -1.61. The lowest BCUT2D eigenvalue weighted by atomic mass is 10.2. The van der Waals surface area contributed by atoms with Gasteiger partial charge in [0.05, 0.1) is 12.8 Å². The Kier molecular flexibility index (Phi) is 5.31. The van der Waals surface area contributed by atoms with E-state index < -0.39 is 19.1 Å². The topological polar surface area (TPSA) is 91.7 Å². The van der Waals surface area contributed by atoms with Crippen molar-refractivity contribution < 1.29 is 24.4 Å². The van der Waals surface area contributed by atoms with Gasteiger partial charge < -0.3 is 14.8 Å². The molecule has 2 N–H and O–H groups in total. The number of aliphatic carboxylic acids is 2. The number of benzene rings is 1. The van der Waals surface area contributed by atoms with Crippen LogP contribution in [-0.2, 0) is 14.2 Å². The maximum Gasteiger partial charge on any atom is 0.303 e. The van der Waals surface area contributed by atoms with Crippen LogP contribution in [-0.4, -0.2) is 34.5 Å². The molecule has 0 aromatic heterocycles. The Morgan fingerprint density at radius 3 is 2.05 bits per heavy atom.